The number of rotatable bonds is 4. The van der Waals surface area contributed by atoms with Crippen LogP contribution in [0.1, 0.15) is 15.9 Å². The fourth-order valence-electron chi connectivity index (χ4n) is 1.57. The van der Waals surface area contributed by atoms with E-state index >= 15 is 0 Å². The fourth-order valence-corrected chi connectivity index (χ4v) is 1.76. The largest absolute Gasteiger partial charge is 0.507 e. The van der Waals surface area contributed by atoms with Crippen molar-refractivity contribution in [3.63, 3.8) is 0 Å². The molecule has 0 saturated heterocycles. The van der Waals surface area contributed by atoms with Crippen molar-refractivity contribution in [1.82, 2.24) is 0 Å². The predicted molar refractivity (Wildman–Crippen MR) is 70.9 cm³/mol. The highest BCUT2D eigenvalue weighted by Gasteiger charge is 2.10. The second kappa shape index (κ2) is 5.63. The van der Waals surface area contributed by atoms with E-state index in [0.29, 0.717) is 16.3 Å². The Morgan fingerprint density at radius 3 is 2.63 bits per heavy atom. The van der Waals surface area contributed by atoms with Crippen LogP contribution in [0.25, 0.3) is 0 Å². The molecule has 0 bridgehead atoms. The van der Waals surface area contributed by atoms with Crippen LogP contribution in [0, 0.1) is 0 Å². The Bertz CT molecular complexity index is 610. The van der Waals surface area contributed by atoms with Crippen LogP contribution in [0.4, 0.5) is 0 Å². The summed E-state index contributed by atoms with van der Waals surface area (Å²) >= 11 is 5.94. The average Bonchev–Trinajstić information content (AvgIpc) is 2.39. The number of carboxylic acids is 1. The SMILES string of the molecule is O=C(O)c1cc(COc2ccccc2Cl)ccc1O. The van der Waals surface area contributed by atoms with Crippen LogP contribution < -0.4 is 4.74 Å². The van der Waals surface area contributed by atoms with Crippen molar-refractivity contribution >= 4 is 17.6 Å². The molecule has 19 heavy (non-hydrogen) atoms. The van der Waals surface area contributed by atoms with Crippen LogP contribution in [-0.2, 0) is 6.61 Å². The maximum Gasteiger partial charge on any atom is 0.339 e. The Hall–Kier alpha value is -2.20. The summed E-state index contributed by atoms with van der Waals surface area (Å²) in [6, 6.07) is 11.3. The van der Waals surface area contributed by atoms with E-state index < -0.39 is 5.97 Å². The molecule has 0 amide bonds. The topological polar surface area (TPSA) is 66.8 Å². The summed E-state index contributed by atoms with van der Waals surface area (Å²) in [6.07, 6.45) is 0. The minimum absolute atomic E-state index is 0.153. The van der Waals surface area contributed by atoms with Gasteiger partial charge in [0.1, 0.15) is 23.7 Å². The van der Waals surface area contributed by atoms with Gasteiger partial charge in [-0.25, -0.2) is 4.79 Å². The number of aromatic carboxylic acids is 1. The lowest BCUT2D eigenvalue weighted by Crippen LogP contribution is -2.01. The van der Waals surface area contributed by atoms with Crippen LogP contribution >= 0.6 is 11.6 Å². The highest BCUT2D eigenvalue weighted by atomic mass is 35.5. The summed E-state index contributed by atoms with van der Waals surface area (Å²) in [5.74, 6) is -0.930. The first-order valence-electron chi connectivity index (χ1n) is 5.50. The molecule has 0 heterocycles. The van der Waals surface area contributed by atoms with Gasteiger partial charge in [0.15, 0.2) is 0 Å². The Morgan fingerprint density at radius 1 is 1.21 bits per heavy atom. The Kier molecular flexibility index (Phi) is 3.92. The van der Waals surface area contributed by atoms with Crippen molar-refractivity contribution in [2.24, 2.45) is 0 Å². The second-order valence-electron chi connectivity index (χ2n) is 3.88. The van der Waals surface area contributed by atoms with Crippen LogP contribution in [-0.4, -0.2) is 16.2 Å². The normalized spacial score (nSPS) is 10.2. The summed E-state index contributed by atoms with van der Waals surface area (Å²) in [5.41, 5.74) is 0.482. The third-order valence-corrected chi connectivity index (χ3v) is 2.83. The van der Waals surface area contributed by atoms with Gasteiger partial charge in [-0.05, 0) is 29.8 Å². The zero-order chi connectivity index (χ0) is 13.8. The Labute approximate surface area is 114 Å². The standard InChI is InChI=1S/C14H11ClO4/c15-11-3-1-2-4-13(11)19-8-9-5-6-12(16)10(7-9)14(17)18/h1-7,16H,8H2,(H,17,18). The summed E-state index contributed by atoms with van der Waals surface area (Å²) in [5, 5.41) is 18.8. The maximum absolute atomic E-state index is 10.9. The molecule has 2 N–H and O–H groups in total. The first-order chi connectivity index (χ1) is 9.08. The van der Waals surface area contributed by atoms with Gasteiger partial charge >= 0.3 is 5.97 Å². The van der Waals surface area contributed by atoms with Crippen molar-refractivity contribution in [1.29, 1.82) is 0 Å². The number of benzene rings is 2. The zero-order valence-corrected chi connectivity index (χ0v) is 10.6. The number of ether oxygens (including phenoxy) is 1. The molecule has 0 unspecified atom stereocenters. The summed E-state index contributed by atoms with van der Waals surface area (Å²) in [6.45, 7) is 0.171. The average molecular weight is 279 g/mol. The number of para-hydroxylation sites is 1. The Morgan fingerprint density at radius 2 is 1.95 bits per heavy atom. The third-order valence-electron chi connectivity index (χ3n) is 2.52. The van der Waals surface area contributed by atoms with E-state index in [-0.39, 0.29) is 17.9 Å². The number of carbonyl (C=O) groups is 1. The minimum atomic E-state index is -1.18. The van der Waals surface area contributed by atoms with Gasteiger partial charge in [-0.2, -0.15) is 0 Å². The molecule has 4 nitrogen and oxygen atoms in total. The Balaban J connectivity index is 2.14. The lowest BCUT2D eigenvalue weighted by atomic mass is 10.1. The molecule has 98 valence electrons. The fraction of sp³-hybridized carbons (Fsp3) is 0.0714. The van der Waals surface area contributed by atoms with Gasteiger partial charge in [0, 0.05) is 0 Å². The van der Waals surface area contributed by atoms with Gasteiger partial charge < -0.3 is 14.9 Å². The first kappa shape index (κ1) is 13.2. The maximum atomic E-state index is 10.9. The monoisotopic (exact) mass is 278 g/mol. The van der Waals surface area contributed by atoms with E-state index in [1.165, 1.54) is 12.1 Å². The summed E-state index contributed by atoms with van der Waals surface area (Å²) in [4.78, 5) is 10.9. The van der Waals surface area contributed by atoms with Crippen molar-refractivity contribution in [2.75, 3.05) is 0 Å². The molecule has 2 aromatic rings. The minimum Gasteiger partial charge on any atom is -0.507 e. The van der Waals surface area contributed by atoms with E-state index in [2.05, 4.69) is 0 Å². The molecule has 0 spiro atoms. The van der Waals surface area contributed by atoms with E-state index in [4.69, 9.17) is 21.4 Å². The van der Waals surface area contributed by atoms with Gasteiger partial charge in [0.2, 0.25) is 0 Å². The summed E-state index contributed by atoms with van der Waals surface area (Å²) in [7, 11) is 0. The van der Waals surface area contributed by atoms with Crippen molar-refractivity contribution in [3.8, 4) is 11.5 Å². The summed E-state index contributed by atoms with van der Waals surface area (Å²) < 4.78 is 5.49. The molecule has 2 aromatic carbocycles. The van der Waals surface area contributed by atoms with Crippen molar-refractivity contribution in [3.05, 3.63) is 58.6 Å². The first-order valence-corrected chi connectivity index (χ1v) is 5.88. The van der Waals surface area contributed by atoms with E-state index in [1.807, 2.05) is 0 Å². The van der Waals surface area contributed by atoms with Gasteiger partial charge in [-0.1, -0.05) is 29.8 Å². The number of carboxylic acid groups (broad SMARTS) is 1. The van der Waals surface area contributed by atoms with Crippen LogP contribution in [0.15, 0.2) is 42.5 Å². The molecule has 0 aliphatic heterocycles. The number of halogens is 1. The molecule has 0 aromatic heterocycles. The third kappa shape index (κ3) is 3.17. The quantitative estimate of drug-likeness (QED) is 0.900. The molecule has 0 fully saturated rings. The second-order valence-corrected chi connectivity index (χ2v) is 4.28. The zero-order valence-electron chi connectivity index (χ0n) is 9.84. The van der Waals surface area contributed by atoms with Crippen molar-refractivity contribution in [2.45, 2.75) is 6.61 Å². The van der Waals surface area contributed by atoms with E-state index in [9.17, 15) is 9.90 Å². The molecular formula is C14H11ClO4. The molecule has 2 rings (SSSR count). The van der Waals surface area contributed by atoms with Gasteiger partial charge in [-0.15, -0.1) is 0 Å². The lowest BCUT2D eigenvalue weighted by Gasteiger charge is -2.09. The van der Waals surface area contributed by atoms with Gasteiger partial charge in [-0.3, -0.25) is 0 Å². The molecule has 0 saturated carbocycles. The van der Waals surface area contributed by atoms with Crippen LogP contribution in [0.5, 0.6) is 11.5 Å². The molecule has 0 aliphatic carbocycles. The number of phenols is 1. The molecule has 0 aliphatic rings. The molecular weight excluding hydrogens is 268 g/mol. The van der Waals surface area contributed by atoms with Gasteiger partial charge in [0.05, 0.1) is 5.02 Å². The number of hydrogen-bond acceptors (Lipinski definition) is 3. The van der Waals surface area contributed by atoms with Gasteiger partial charge in [0.25, 0.3) is 0 Å². The molecule has 5 heteroatoms. The number of hydrogen-bond donors (Lipinski definition) is 2. The highest BCUT2D eigenvalue weighted by molar-refractivity contribution is 6.32. The van der Waals surface area contributed by atoms with Crippen LogP contribution in [0.3, 0.4) is 0 Å². The van der Waals surface area contributed by atoms with Crippen molar-refractivity contribution < 1.29 is 19.7 Å². The smallest absolute Gasteiger partial charge is 0.339 e. The molecule has 0 radical (unpaired) electrons. The predicted octanol–water partition coefficient (Wildman–Crippen LogP) is 3.32. The van der Waals surface area contributed by atoms with Crippen LogP contribution in [0.2, 0.25) is 5.02 Å². The highest BCUT2D eigenvalue weighted by Crippen LogP contribution is 2.25. The van der Waals surface area contributed by atoms with E-state index in [1.54, 1.807) is 30.3 Å². The number of aromatic hydroxyl groups is 1. The lowest BCUT2D eigenvalue weighted by molar-refractivity contribution is 0.0693. The van der Waals surface area contributed by atoms with E-state index in [0.717, 1.165) is 0 Å². The molecule has 0 atom stereocenters.